The predicted molar refractivity (Wildman–Crippen MR) is 86.9 cm³/mol. The number of amides is 2. The minimum atomic E-state index is -1.33. The van der Waals surface area contributed by atoms with Gasteiger partial charge in [-0.15, -0.1) is 0 Å². The third-order valence-electron chi connectivity index (χ3n) is 3.47. The first-order valence-corrected chi connectivity index (χ1v) is 7.44. The summed E-state index contributed by atoms with van der Waals surface area (Å²) in [6.07, 6.45) is 0. The van der Waals surface area contributed by atoms with Crippen molar-refractivity contribution in [3.05, 3.63) is 35.4 Å². The average Bonchev–Trinajstić information content (AvgIpc) is 2.46. The molecule has 0 aliphatic rings. The standard InChI is InChI=1S/C17H24N2O4/c1-11(2)15(21)19(5)10-12-6-8-13(9-7-12)14(20)18-17(3,4)16(22)23/h6-9,11H,10H2,1-5H3,(H,18,20)(H,22,23). The largest absolute Gasteiger partial charge is 0.480 e. The van der Waals surface area contributed by atoms with Crippen molar-refractivity contribution in [3.63, 3.8) is 0 Å². The molecular formula is C17H24N2O4. The summed E-state index contributed by atoms with van der Waals surface area (Å²) in [5.41, 5.74) is -0.0592. The van der Waals surface area contributed by atoms with Crippen molar-refractivity contribution in [2.75, 3.05) is 7.05 Å². The first kappa shape index (κ1) is 18.7. The van der Waals surface area contributed by atoms with E-state index in [1.54, 1.807) is 36.2 Å². The Morgan fingerprint density at radius 3 is 2.13 bits per heavy atom. The summed E-state index contributed by atoms with van der Waals surface area (Å²) in [4.78, 5) is 36.6. The lowest BCUT2D eigenvalue weighted by Crippen LogP contribution is -2.49. The Labute approximate surface area is 136 Å². The highest BCUT2D eigenvalue weighted by atomic mass is 16.4. The Morgan fingerprint density at radius 2 is 1.70 bits per heavy atom. The summed E-state index contributed by atoms with van der Waals surface area (Å²) in [6.45, 7) is 6.99. The minimum absolute atomic E-state index is 0.0510. The molecule has 0 radical (unpaired) electrons. The zero-order chi connectivity index (χ0) is 17.8. The molecule has 6 heteroatoms. The van der Waals surface area contributed by atoms with Crippen LogP contribution in [0.1, 0.15) is 43.6 Å². The summed E-state index contributed by atoms with van der Waals surface area (Å²) in [7, 11) is 1.73. The molecule has 1 aromatic carbocycles. The molecule has 126 valence electrons. The van der Waals surface area contributed by atoms with Crippen LogP contribution in [-0.2, 0) is 16.1 Å². The maximum absolute atomic E-state index is 12.1. The number of aliphatic carboxylic acids is 1. The quantitative estimate of drug-likeness (QED) is 0.838. The average molecular weight is 320 g/mol. The minimum Gasteiger partial charge on any atom is -0.480 e. The summed E-state index contributed by atoms with van der Waals surface area (Å²) in [5.74, 6) is -1.56. The van der Waals surface area contributed by atoms with Gasteiger partial charge in [-0.3, -0.25) is 9.59 Å². The normalized spacial score (nSPS) is 11.2. The molecule has 0 unspecified atom stereocenters. The van der Waals surface area contributed by atoms with Crippen LogP contribution in [-0.4, -0.2) is 40.4 Å². The summed E-state index contributed by atoms with van der Waals surface area (Å²) < 4.78 is 0. The molecular weight excluding hydrogens is 296 g/mol. The summed E-state index contributed by atoms with van der Waals surface area (Å²) >= 11 is 0. The summed E-state index contributed by atoms with van der Waals surface area (Å²) in [5, 5.41) is 11.5. The smallest absolute Gasteiger partial charge is 0.328 e. The maximum Gasteiger partial charge on any atom is 0.328 e. The van der Waals surface area contributed by atoms with E-state index >= 15 is 0 Å². The van der Waals surface area contributed by atoms with E-state index in [-0.39, 0.29) is 11.8 Å². The van der Waals surface area contributed by atoms with Crippen molar-refractivity contribution >= 4 is 17.8 Å². The van der Waals surface area contributed by atoms with E-state index in [0.717, 1.165) is 5.56 Å². The van der Waals surface area contributed by atoms with Crippen molar-refractivity contribution in [1.82, 2.24) is 10.2 Å². The van der Waals surface area contributed by atoms with Crippen LogP contribution in [0.5, 0.6) is 0 Å². The van der Waals surface area contributed by atoms with E-state index in [4.69, 9.17) is 5.11 Å². The highest BCUT2D eigenvalue weighted by molar-refractivity contribution is 5.97. The van der Waals surface area contributed by atoms with Crippen LogP contribution in [0, 0.1) is 5.92 Å². The first-order chi connectivity index (χ1) is 10.5. The number of carbonyl (C=O) groups excluding carboxylic acids is 2. The predicted octanol–water partition coefficient (Wildman–Crippen LogP) is 1.89. The lowest BCUT2D eigenvalue weighted by atomic mass is 10.0. The number of benzene rings is 1. The van der Waals surface area contributed by atoms with Gasteiger partial charge in [0.1, 0.15) is 5.54 Å². The molecule has 0 spiro atoms. The lowest BCUT2D eigenvalue weighted by molar-refractivity contribution is -0.143. The van der Waals surface area contributed by atoms with Crippen LogP contribution >= 0.6 is 0 Å². The van der Waals surface area contributed by atoms with Crippen LogP contribution in [0.4, 0.5) is 0 Å². The highest BCUT2D eigenvalue weighted by Crippen LogP contribution is 2.11. The van der Waals surface area contributed by atoms with Gasteiger partial charge >= 0.3 is 5.97 Å². The lowest BCUT2D eigenvalue weighted by Gasteiger charge is -2.21. The molecule has 0 aliphatic heterocycles. The van der Waals surface area contributed by atoms with Crippen molar-refractivity contribution in [2.45, 2.75) is 39.8 Å². The number of nitrogens with one attached hydrogen (secondary N) is 1. The maximum atomic E-state index is 12.1. The van der Waals surface area contributed by atoms with Crippen molar-refractivity contribution in [2.24, 2.45) is 5.92 Å². The van der Waals surface area contributed by atoms with Gasteiger partial charge in [0.15, 0.2) is 0 Å². The zero-order valence-electron chi connectivity index (χ0n) is 14.2. The van der Waals surface area contributed by atoms with Crippen molar-refractivity contribution in [3.8, 4) is 0 Å². The second-order valence-corrected chi connectivity index (χ2v) is 6.43. The van der Waals surface area contributed by atoms with Gasteiger partial charge in [0.05, 0.1) is 0 Å². The van der Waals surface area contributed by atoms with Crippen LogP contribution in [0.25, 0.3) is 0 Å². The molecule has 0 aromatic heterocycles. The molecule has 0 atom stereocenters. The van der Waals surface area contributed by atoms with Crippen LogP contribution in [0.2, 0.25) is 0 Å². The molecule has 0 saturated heterocycles. The van der Waals surface area contributed by atoms with Gasteiger partial charge in [0, 0.05) is 25.1 Å². The van der Waals surface area contributed by atoms with Gasteiger partial charge in [0.2, 0.25) is 5.91 Å². The molecule has 0 saturated carbocycles. The Kier molecular flexibility index (Phi) is 5.90. The van der Waals surface area contributed by atoms with E-state index < -0.39 is 17.4 Å². The third kappa shape index (κ3) is 5.09. The second kappa shape index (κ2) is 7.26. The van der Waals surface area contributed by atoms with Gasteiger partial charge in [0.25, 0.3) is 5.91 Å². The van der Waals surface area contributed by atoms with E-state index in [1.165, 1.54) is 13.8 Å². The highest BCUT2D eigenvalue weighted by Gasteiger charge is 2.29. The van der Waals surface area contributed by atoms with Crippen LogP contribution in [0.3, 0.4) is 0 Å². The van der Waals surface area contributed by atoms with Gasteiger partial charge in [-0.1, -0.05) is 26.0 Å². The first-order valence-electron chi connectivity index (χ1n) is 7.44. The Bertz CT molecular complexity index is 591. The SMILES string of the molecule is CC(C)C(=O)N(C)Cc1ccc(C(=O)NC(C)(C)C(=O)O)cc1. The molecule has 2 N–H and O–H groups in total. The molecule has 1 aromatic rings. The van der Waals surface area contributed by atoms with E-state index in [0.29, 0.717) is 12.1 Å². The molecule has 0 aliphatic carbocycles. The summed E-state index contributed by atoms with van der Waals surface area (Å²) in [6, 6.07) is 6.76. The Hall–Kier alpha value is -2.37. The fourth-order valence-corrected chi connectivity index (χ4v) is 1.96. The number of hydrogen-bond acceptors (Lipinski definition) is 3. The molecule has 0 bridgehead atoms. The van der Waals surface area contributed by atoms with Gasteiger partial charge in [-0.2, -0.15) is 0 Å². The van der Waals surface area contributed by atoms with Crippen molar-refractivity contribution in [1.29, 1.82) is 0 Å². The molecule has 2 amide bonds. The third-order valence-corrected chi connectivity index (χ3v) is 3.47. The van der Waals surface area contributed by atoms with Gasteiger partial charge in [-0.25, -0.2) is 4.79 Å². The number of carboxylic acids is 1. The number of carboxylic acid groups (broad SMARTS) is 1. The second-order valence-electron chi connectivity index (χ2n) is 6.43. The molecule has 6 nitrogen and oxygen atoms in total. The number of carbonyl (C=O) groups is 3. The molecule has 23 heavy (non-hydrogen) atoms. The number of hydrogen-bond donors (Lipinski definition) is 2. The number of nitrogens with zero attached hydrogens (tertiary/aromatic N) is 1. The molecule has 0 fully saturated rings. The molecule has 0 heterocycles. The topological polar surface area (TPSA) is 86.7 Å². The van der Waals surface area contributed by atoms with E-state index in [2.05, 4.69) is 5.32 Å². The zero-order valence-corrected chi connectivity index (χ0v) is 14.2. The van der Waals surface area contributed by atoms with Crippen LogP contribution in [0.15, 0.2) is 24.3 Å². The van der Waals surface area contributed by atoms with E-state index in [1.807, 2.05) is 13.8 Å². The fraction of sp³-hybridized carbons (Fsp3) is 0.471. The Morgan fingerprint density at radius 1 is 1.17 bits per heavy atom. The van der Waals surface area contributed by atoms with Crippen molar-refractivity contribution < 1.29 is 19.5 Å². The van der Waals surface area contributed by atoms with Gasteiger partial charge < -0.3 is 15.3 Å². The number of rotatable bonds is 6. The Balaban J connectivity index is 2.75. The van der Waals surface area contributed by atoms with Crippen LogP contribution < -0.4 is 5.32 Å². The van der Waals surface area contributed by atoms with Gasteiger partial charge in [-0.05, 0) is 31.5 Å². The fourth-order valence-electron chi connectivity index (χ4n) is 1.96. The van der Waals surface area contributed by atoms with E-state index in [9.17, 15) is 14.4 Å². The monoisotopic (exact) mass is 320 g/mol. The molecule has 1 rings (SSSR count).